The Morgan fingerprint density at radius 2 is 2.17 bits per heavy atom. The Morgan fingerprint density at radius 1 is 1.38 bits per heavy atom. The van der Waals surface area contributed by atoms with E-state index < -0.39 is 0 Å². The van der Waals surface area contributed by atoms with Gasteiger partial charge in [0.25, 0.3) is 5.91 Å². The first-order valence-corrected chi connectivity index (χ1v) is 8.63. The summed E-state index contributed by atoms with van der Waals surface area (Å²) in [5, 5.41) is 3.10. The van der Waals surface area contributed by atoms with Crippen LogP contribution in [0.5, 0.6) is 5.75 Å². The number of hydrogen-bond acceptors (Lipinski definition) is 5. The number of rotatable bonds is 4. The van der Waals surface area contributed by atoms with Crippen LogP contribution in [0.25, 0.3) is 0 Å². The van der Waals surface area contributed by atoms with Crippen molar-refractivity contribution >= 4 is 27.8 Å². The summed E-state index contributed by atoms with van der Waals surface area (Å²) >= 11 is 3.41. The monoisotopic (exact) mass is 390 g/mol. The molecule has 1 saturated heterocycles. The summed E-state index contributed by atoms with van der Waals surface area (Å²) in [4.78, 5) is 23.2. The standard InChI is InChI=1S/C17H19BrN4O2/c1-24-15-6-5-12(10-14(15)18)16(23)21-13-4-2-9-22(11-13)17-19-7-3-8-20-17/h3,5-8,10,13H,2,4,9,11H2,1H3,(H,21,23)/t13-/m0/s1. The molecular formula is C17H19BrN4O2. The van der Waals surface area contributed by atoms with Crippen LogP contribution in [0.15, 0.2) is 41.1 Å². The number of benzene rings is 1. The lowest BCUT2D eigenvalue weighted by Gasteiger charge is -2.33. The molecule has 1 amide bonds. The number of nitrogens with one attached hydrogen (secondary N) is 1. The number of carbonyl (C=O) groups excluding carboxylic acids is 1. The first-order chi connectivity index (χ1) is 11.7. The topological polar surface area (TPSA) is 67.3 Å². The molecule has 7 heteroatoms. The molecular weight excluding hydrogens is 372 g/mol. The Labute approximate surface area is 149 Å². The Hall–Kier alpha value is -2.15. The lowest BCUT2D eigenvalue weighted by Crippen LogP contribution is -2.48. The molecule has 1 aliphatic heterocycles. The summed E-state index contributed by atoms with van der Waals surface area (Å²) in [5.41, 5.74) is 0.607. The van der Waals surface area contributed by atoms with Gasteiger partial charge in [0, 0.05) is 37.1 Å². The quantitative estimate of drug-likeness (QED) is 0.868. The van der Waals surface area contributed by atoms with Crippen molar-refractivity contribution < 1.29 is 9.53 Å². The van der Waals surface area contributed by atoms with Crippen LogP contribution in [0.2, 0.25) is 0 Å². The van der Waals surface area contributed by atoms with Crippen LogP contribution in [0.3, 0.4) is 0 Å². The molecule has 2 aromatic rings. The molecule has 0 bridgehead atoms. The zero-order valence-corrected chi connectivity index (χ0v) is 15.0. The first-order valence-electron chi connectivity index (χ1n) is 7.84. The largest absolute Gasteiger partial charge is 0.496 e. The molecule has 0 aliphatic carbocycles. The van der Waals surface area contributed by atoms with Crippen LogP contribution < -0.4 is 15.0 Å². The summed E-state index contributed by atoms with van der Waals surface area (Å²) in [5.74, 6) is 1.33. The van der Waals surface area contributed by atoms with Crippen molar-refractivity contribution in [3.8, 4) is 5.75 Å². The van der Waals surface area contributed by atoms with Gasteiger partial charge in [-0.1, -0.05) is 0 Å². The number of carbonyl (C=O) groups is 1. The van der Waals surface area contributed by atoms with Crippen LogP contribution in [0, 0.1) is 0 Å². The second-order valence-corrected chi connectivity index (χ2v) is 6.51. The summed E-state index contributed by atoms with van der Waals surface area (Å²) in [6.07, 6.45) is 5.42. The number of halogens is 1. The summed E-state index contributed by atoms with van der Waals surface area (Å²) < 4.78 is 5.96. The van der Waals surface area contributed by atoms with Gasteiger partial charge < -0.3 is 15.0 Å². The van der Waals surface area contributed by atoms with Crippen molar-refractivity contribution in [2.24, 2.45) is 0 Å². The van der Waals surface area contributed by atoms with Crippen molar-refractivity contribution in [3.63, 3.8) is 0 Å². The number of nitrogens with zero attached hydrogens (tertiary/aromatic N) is 3. The number of piperidine rings is 1. The molecule has 1 fully saturated rings. The van der Waals surface area contributed by atoms with Crippen molar-refractivity contribution in [2.75, 3.05) is 25.1 Å². The molecule has 0 unspecified atom stereocenters. The van der Waals surface area contributed by atoms with Gasteiger partial charge in [0.2, 0.25) is 5.95 Å². The molecule has 6 nitrogen and oxygen atoms in total. The minimum atomic E-state index is -0.0841. The molecule has 1 aromatic heterocycles. The minimum absolute atomic E-state index is 0.0796. The molecule has 1 aromatic carbocycles. The Morgan fingerprint density at radius 3 is 2.88 bits per heavy atom. The third-order valence-corrected chi connectivity index (χ3v) is 4.63. The minimum Gasteiger partial charge on any atom is -0.496 e. The summed E-state index contributed by atoms with van der Waals surface area (Å²) in [6.45, 7) is 1.62. The Bertz CT molecular complexity index is 711. The maximum atomic E-state index is 12.5. The van der Waals surface area contributed by atoms with Crippen molar-refractivity contribution in [1.29, 1.82) is 0 Å². The molecule has 126 valence electrons. The number of amides is 1. The highest BCUT2D eigenvalue weighted by Gasteiger charge is 2.23. The molecule has 0 radical (unpaired) electrons. The average molecular weight is 391 g/mol. The van der Waals surface area contributed by atoms with E-state index in [1.807, 2.05) is 0 Å². The number of methoxy groups -OCH3 is 1. The van der Waals surface area contributed by atoms with Gasteiger partial charge in [-0.3, -0.25) is 4.79 Å². The van der Waals surface area contributed by atoms with E-state index in [4.69, 9.17) is 4.74 Å². The van der Waals surface area contributed by atoms with E-state index in [-0.39, 0.29) is 11.9 Å². The van der Waals surface area contributed by atoms with Gasteiger partial charge in [0.15, 0.2) is 0 Å². The van der Waals surface area contributed by atoms with E-state index >= 15 is 0 Å². The molecule has 3 rings (SSSR count). The van der Waals surface area contributed by atoms with Gasteiger partial charge in [-0.2, -0.15) is 0 Å². The van der Waals surface area contributed by atoms with Crippen LogP contribution in [0.1, 0.15) is 23.2 Å². The number of hydrogen-bond donors (Lipinski definition) is 1. The molecule has 0 spiro atoms. The molecule has 1 aliphatic rings. The Balaban J connectivity index is 1.65. The molecule has 24 heavy (non-hydrogen) atoms. The molecule has 1 N–H and O–H groups in total. The second-order valence-electron chi connectivity index (χ2n) is 5.66. The summed E-state index contributed by atoms with van der Waals surface area (Å²) in [7, 11) is 1.60. The fourth-order valence-electron chi connectivity index (χ4n) is 2.81. The predicted molar refractivity (Wildman–Crippen MR) is 95.4 cm³/mol. The van der Waals surface area contributed by atoms with Crippen molar-refractivity contribution in [3.05, 3.63) is 46.7 Å². The normalized spacial score (nSPS) is 17.4. The fraction of sp³-hybridized carbons (Fsp3) is 0.353. The van der Waals surface area contributed by atoms with E-state index in [0.717, 1.165) is 23.9 Å². The van der Waals surface area contributed by atoms with Gasteiger partial charge in [0.1, 0.15) is 5.75 Å². The number of ether oxygens (including phenoxy) is 1. The zero-order chi connectivity index (χ0) is 16.9. The first kappa shape index (κ1) is 16.7. The van der Waals surface area contributed by atoms with Gasteiger partial charge >= 0.3 is 0 Å². The number of aromatic nitrogens is 2. The maximum absolute atomic E-state index is 12.5. The highest BCUT2D eigenvalue weighted by molar-refractivity contribution is 9.10. The van der Waals surface area contributed by atoms with Gasteiger partial charge in [-0.05, 0) is 53.0 Å². The second kappa shape index (κ2) is 7.61. The van der Waals surface area contributed by atoms with E-state index in [2.05, 4.69) is 36.1 Å². The molecule has 2 heterocycles. The van der Waals surface area contributed by atoms with E-state index in [1.165, 1.54) is 0 Å². The third kappa shape index (κ3) is 3.84. The van der Waals surface area contributed by atoms with E-state index in [1.54, 1.807) is 43.8 Å². The third-order valence-electron chi connectivity index (χ3n) is 4.01. The predicted octanol–water partition coefficient (Wildman–Crippen LogP) is 2.65. The van der Waals surface area contributed by atoms with Crippen LogP contribution in [-0.2, 0) is 0 Å². The van der Waals surface area contributed by atoms with Gasteiger partial charge in [-0.15, -0.1) is 0 Å². The SMILES string of the molecule is COc1ccc(C(=O)N[C@H]2CCCN(c3ncccn3)C2)cc1Br. The van der Waals surface area contributed by atoms with E-state index in [9.17, 15) is 4.79 Å². The van der Waals surface area contributed by atoms with Crippen molar-refractivity contribution in [1.82, 2.24) is 15.3 Å². The smallest absolute Gasteiger partial charge is 0.251 e. The maximum Gasteiger partial charge on any atom is 0.251 e. The van der Waals surface area contributed by atoms with Crippen molar-refractivity contribution in [2.45, 2.75) is 18.9 Å². The fourth-order valence-corrected chi connectivity index (χ4v) is 3.35. The Kier molecular flexibility index (Phi) is 5.30. The molecule has 1 atom stereocenters. The summed E-state index contributed by atoms with van der Waals surface area (Å²) in [6, 6.07) is 7.20. The van der Waals surface area contributed by atoms with Crippen LogP contribution in [0.4, 0.5) is 5.95 Å². The van der Waals surface area contributed by atoms with Gasteiger partial charge in [-0.25, -0.2) is 9.97 Å². The van der Waals surface area contributed by atoms with Gasteiger partial charge in [0.05, 0.1) is 11.6 Å². The molecule has 0 saturated carbocycles. The van der Waals surface area contributed by atoms with Crippen LogP contribution >= 0.6 is 15.9 Å². The lowest BCUT2D eigenvalue weighted by atomic mass is 10.1. The zero-order valence-electron chi connectivity index (χ0n) is 13.4. The number of anilines is 1. The van der Waals surface area contributed by atoms with E-state index in [0.29, 0.717) is 23.8 Å². The highest BCUT2D eigenvalue weighted by atomic mass is 79.9. The highest BCUT2D eigenvalue weighted by Crippen LogP contribution is 2.25. The lowest BCUT2D eigenvalue weighted by molar-refractivity contribution is 0.0933. The average Bonchev–Trinajstić information content (AvgIpc) is 2.62. The van der Waals surface area contributed by atoms with Crippen LogP contribution in [-0.4, -0.2) is 42.1 Å².